The van der Waals surface area contributed by atoms with Gasteiger partial charge in [0.25, 0.3) is 5.91 Å². The maximum Gasteiger partial charge on any atom is 0.267 e. The topological polar surface area (TPSA) is 42.0 Å². The summed E-state index contributed by atoms with van der Waals surface area (Å²) in [6.45, 7) is 5.76. The summed E-state index contributed by atoms with van der Waals surface area (Å²) in [4.78, 5) is 17.2. The largest absolute Gasteiger partial charge is 0.482 e. The number of amides is 1. The van der Waals surface area contributed by atoms with Crippen LogP contribution in [0.3, 0.4) is 0 Å². The molecule has 27 heavy (non-hydrogen) atoms. The Morgan fingerprint density at radius 1 is 1.04 bits per heavy atom. The Kier molecular flexibility index (Phi) is 5.23. The zero-order valence-corrected chi connectivity index (χ0v) is 16.1. The lowest BCUT2D eigenvalue weighted by Gasteiger charge is -2.38. The minimum Gasteiger partial charge on any atom is -0.482 e. The highest BCUT2D eigenvalue weighted by atomic mass is 35.5. The van der Waals surface area contributed by atoms with Crippen LogP contribution < -0.4 is 9.47 Å². The molecule has 6 heteroatoms. The van der Waals surface area contributed by atoms with E-state index in [0.717, 1.165) is 24.7 Å². The van der Waals surface area contributed by atoms with E-state index >= 15 is 0 Å². The molecule has 0 N–H and O–H groups in total. The van der Waals surface area contributed by atoms with Gasteiger partial charge < -0.3 is 14.4 Å². The van der Waals surface area contributed by atoms with Crippen LogP contribution in [-0.2, 0) is 11.3 Å². The van der Waals surface area contributed by atoms with Crippen molar-refractivity contribution in [2.45, 2.75) is 25.7 Å². The molecule has 2 atom stereocenters. The monoisotopic (exact) mass is 386 g/mol. The molecule has 0 spiro atoms. The molecule has 2 aromatic rings. The molecule has 1 fully saturated rings. The summed E-state index contributed by atoms with van der Waals surface area (Å²) in [6.07, 6.45) is -0.906. The lowest BCUT2D eigenvalue weighted by Crippen LogP contribution is -2.55. The molecule has 2 aromatic carbocycles. The minimum atomic E-state index is -0.598. The number of rotatable bonds is 3. The van der Waals surface area contributed by atoms with Crippen LogP contribution in [0.25, 0.3) is 0 Å². The highest BCUT2D eigenvalue weighted by Crippen LogP contribution is 2.34. The summed E-state index contributed by atoms with van der Waals surface area (Å²) in [5.74, 6) is 1.33. The first kappa shape index (κ1) is 18.1. The summed E-state index contributed by atoms with van der Waals surface area (Å²) in [5.41, 5.74) is 1.19. The number of halogens is 1. The predicted molar refractivity (Wildman–Crippen MR) is 104 cm³/mol. The molecule has 0 bridgehead atoms. The highest BCUT2D eigenvalue weighted by molar-refractivity contribution is 6.30. The van der Waals surface area contributed by atoms with E-state index in [2.05, 4.69) is 11.0 Å². The van der Waals surface area contributed by atoms with Crippen molar-refractivity contribution in [3.8, 4) is 11.5 Å². The Balaban J connectivity index is 1.35. The quantitative estimate of drug-likeness (QED) is 0.812. The summed E-state index contributed by atoms with van der Waals surface area (Å²) in [5, 5.41) is 0.755. The van der Waals surface area contributed by atoms with Gasteiger partial charge in [0.2, 0.25) is 6.10 Å². The average Bonchev–Trinajstić information content (AvgIpc) is 2.67. The molecule has 142 valence electrons. The molecule has 4 rings (SSSR count). The van der Waals surface area contributed by atoms with E-state index < -0.39 is 6.10 Å². The molecule has 0 saturated carbocycles. The van der Waals surface area contributed by atoms with Crippen molar-refractivity contribution in [2.24, 2.45) is 0 Å². The van der Waals surface area contributed by atoms with Crippen LogP contribution in [0.1, 0.15) is 12.5 Å². The van der Waals surface area contributed by atoms with Crippen molar-refractivity contribution < 1.29 is 14.3 Å². The molecule has 5 nitrogen and oxygen atoms in total. The number of para-hydroxylation sites is 2. The zero-order chi connectivity index (χ0) is 18.8. The Labute approximate surface area is 164 Å². The van der Waals surface area contributed by atoms with Gasteiger partial charge in [0.15, 0.2) is 11.5 Å². The van der Waals surface area contributed by atoms with Gasteiger partial charge in [-0.25, -0.2) is 0 Å². The predicted octanol–water partition coefficient (Wildman–Crippen LogP) is 3.21. The Bertz CT molecular complexity index is 821. The standard InChI is InChI=1S/C21H23ClN2O3/c1-15-20(27-19-8-3-2-7-18(19)26-15)21(25)24-11-9-23(10-12-24)14-16-5-4-6-17(22)13-16/h2-8,13,15,20H,9-12,14H2,1H3. The van der Waals surface area contributed by atoms with Crippen LogP contribution in [0.5, 0.6) is 11.5 Å². The molecular weight excluding hydrogens is 364 g/mol. The number of hydrogen-bond donors (Lipinski definition) is 0. The number of carbonyl (C=O) groups excluding carboxylic acids is 1. The zero-order valence-electron chi connectivity index (χ0n) is 15.3. The maximum atomic E-state index is 13.0. The summed E-state index contributed by atoms with van der Waals surface area (Å²) >= 11 is 6.07. The Morgan fingerprint density at radius 3 is 2.44 bits per heavy atom. The van der Waals surface area contributed by atoms with E-state index in [0.29, 0.717) is 24.6 Å². The third-order valence-corrected chi connectivity index (χ3v) is 5.30. The summed E-state index contributed by atoms with van der Waals surface area (Å²) in [6, 6.07) is 15.4. The highest BCUT2D eigenvalue weighted by Gasteiger charge is 2.37. The van der Waals surface area contributed by atoms with E-state index in [1.165, 1.54) is 5.56 Å². The third-order valence-electron chi connectivity index (χ3n) is 5.06. The van der Waals surface area contributed by atoms with Gasteiger partial charge in [0, 0.05) is 37.7 Å². The fraction of sp³-hybridized carbons (Fsp3) is 0.381. The first-order valence-corrected chi connectivity index (χ1v) is 9.66. The Morgan fingerprint density at radius 2 is 1.74 bits per heavy atom. The lowest BCUT2D eigenvalue weighted by atomic mass is 10.1. The van der Waals surface area contributed by atoms with Gasteiger partial charge in [-0.1, -0.05) is 35.9 Å². The fourth-order valence-electron chi connectivity index (χ4n) is 3.59. The molecule has 0 aliphatic carbocycles. The molecule has 0 radical (unpaired) electrons. The normalized spacial score (nSPS) is 22.5. The molecule has 2 aliphatic rings. The molecule has 2 unspecified atom stereocenters. The number of fused-ring (bicyclic) bond motifs is 1. The molecule has 0 aromatic heterocycles. The van der Waals surface area contributed by atoms with Crippen molar-refractivity contribution in [1.82, 2.24) is 9.80 Å². The molecular formula is C21H23ClN2O3. The van der Waals surface area contributed by atoms with E-state index in [9.17, 15) is 4.79 Å². The first-order chi connectivity index (χ1) is 13.1. The number of nitrogens with zero attached hydrogens (tertiary/aromatic N) is 2. The van der Waals surface area contributed by atoms with Crippen LogP contribution in [0.2, 0.25) is 5.02 Å². The van der Waals surface area contributed by atoms with Gasteiger partial charge in [-0.3, -0.25) is 9.69 Å². The van der Waals surface area contributed by atoms with E-state index in [-0.39, 0.29) is 12.0 Å². The second-order valence-electron chi connectivity index (χ2n) is 7.04. The second-order valence-corrected chi connectivity index (χ2v) is 7.48. The van der Waals surface area contributed by atoms with Crippen LogP contribution in [0.15, 0.2) is 48.5 Å². The van der Waals surface area contributed by atoms with Crippen LogP contribution in [0.4, 0.5) is 0 Å². The van der Waals surface area contributed by atoms with Crippen molar-refractivity contribution in [3.63, 3.8) is 0 Å². The van der Waals surface area contributed by atoms with Crippen molar-refractivity contribution in [2.75, 3.05) is 26.2 Å². The maximum absolute atomic E-state index is 13.0. The first-order valence-electron chi connectivity index (χ1n) is 9.28. The molecule has 1 saturated heterocycles. The van der Waals surface area contributed by atoms with Crippen LogP contribution >= 0.6 is 11.6 Å². The molecule has 1 amide bonds. The number of ether oxygens (including phenoxy) is 2. The fourth-order valence-corrected chi connectivity index (χ4v) is 3.80. The summed E-state index contributed by atoms with van der Waals surface area (Å²) in [7, 11) is 0. The molecule has 2 heterocycles. The lowest BCUT2D eigenvalue weighted by molar-refractivity contribution is -0.146. The average molecular weight is 387 g/mol. The van der Waals surface area contributed by atoms with E-state index in [4.69, 9.17) is 21.1 Å². The van der Waals surface area contributed by atoms with Gasteiger partial charge in [0.05, 0.1) is 0 Å². The van der Waals surface area contributed by atoms with E-state index in [1.807, 2.05) is 54.3 Å². The molecule has 2 aliphatic heterocycles. The smallest absolute Gasteiger partial charge is 0.267 e. The number of carbonyl (C=O) groups is 1. The number of hydrogen-bond acceptors (Lipinski definition) is 4. The Hall–Kier alpha value is -2.24. The van der Waals surface area contributed by atoms with Crippen LogP contribution in [-0.4, -0.2) is 54.1 Å². The van der Waals surface area contributed by atoms with Gasteiger partial charge in [-0.15, -0.1) is 0 Å². The number of piperazine rings is 1. The second kappa shape index (κ2) is 7.79. The summed E-state index contributed by atoms with van der Waals surface area (Å²) < 4.78 is 11.8. The van der Waals surface area contributed by atoms with Gasteiger partial charge in [-0.2, -0.15) is 0 Å². The van der Waals surface area contributed by atoms with Crippen molar-refractivity contribution in [1.29, 1.82) is 0 Å². The van der Waals surface area contributed by atoms with Gasteiger partial charge in [0.1, 0.15) is 6.10 Å². The van der Waals surface area contributed by atoms with Gasteiger partial charge >= 0.3 is 0 Å². The van der Waals surface area contributed by atoms with Crippen LogP contribution in [0, 0.1) is 0 Å². The number of benzene rings is 2. The van der Waals surface area contributed by atoms with Crippen molar-refractivity contribution in [3.05, 3.63) is 59.1 Å². The van der Waals surface area contributed by atoms with Crippen molar-refractivity contribution >= 4 is 17.5 Å². The minimum absolute atomic E-state index is 0.000548. The SMILES string of the molecule is CC1Oc2ccccc2OC1C(=O)N1CCN(Cc2cccc(Cl)c2)CC1. The third kappa shape index (κ3) is 4.04. The van der Waals surface area contributed by atoms with Gasteiger partial charge in [-0.05, 0) is 36.8 Å². The van der Waals surface area contributed by atoms with E-state index in [1.54, 1.807) is 0 Å².